The van der Waals surface area contributed by atoms with Gasteiger partial charge in [0.05, 0.1) is 18.3 Å². The van der Waals surface area contributed by atoms with Crippen molar-refractivity contribution in [1.29, 1.82) is 0 Å². The standard InChI is InChI=1S/C14H27NO2/c1-4-15-10-14(7-8-16-11-14)9-12-5-6-13(2,3)17-12/h12,15H,4-11H2,1-3H3. The summed E-state index contributed by atoms with van der Waals surface area (Å²) >= 11 is 0. The van der Waals surface area contributed by atoms with Crippen molar-refractivity contribution < 1.29 is 9.47 Å². The average molecular weight is 241 g/mol. The second-order valence-corrected chi connectivity index (χ2v) is 6.33. The highest BCUT2D eigenvalue weighted by molar-refractivity contribution is 4.91. The molecule has 3 nitrogen and oxygen atoms in total. The van der Waals surface area contributed by atoms with Gasteiger partial charge in [0.25, 0.3) is 0 Å². The highest BCUT2D eigenvalue weighted by atomic mass is 16.5. The minimum Gasteiger partial charge on any atom is -0.381 e. The summed E-state index contributed by atoms with van der Waals surface area (Å²) in [5.41, 5.74) is 0.407. The first kappa shape index (κ1) is 13.3. The Morgan fingerprint density at radius 3 is 2.65 bits per heavy atom. The fourth-order valence-corrected chi connectivity index (χ4v) is 3.12. The monoisotopic (exact) mass is 241 g/mol. The molecule has 0 aliphatic carbocycles. The van der Waals surface area contributed by atoms with Crippen molar-refractivity contribution in [1.82, 2.24) is 5.32 Å². The highest BCUT2D eigenvalue weighted by Gasteiger charge is 2.41. The van der Waals surface area contributed by atoms with Crippen molar-refractivity contribution in [3.63, 3.8) is 0 Å². The SMILES string of the molecule is CCNCC1(CC2CCC(C)(C)O2)CCOC1. The maximum atomic E-state index is 6.13. The zero-order valence-corrected chi connectivity index (χ0v) is 11.6. The molecular weight excluding hydrogens is 214 g/mol. The Kier molecular flexibility index (Phi) is 4.11. The van der Waals surface area contributed by atoms with E-state index in [-0.39, 0.29) is 5.60 Å². The summed E-state index contributed by atoms with van der Waals surface area (Å²) in [7, 11) is 0. The number of nitrogens with one attached hydrogen (secondary N) is 1. The minimum absolute atomic E-state index is 0.0868. The van der Waals surface area contributed by atoms with E-state index in [0.29, 0.717) is 11.5 Å². The van der Waals surface area contributed by atoms with Crippen LogP contribution in [0.4, 0.5) is 0 Å². The third kappa shape index (κ3) is 3.43. The fraction of sp³-hybridized carbons (Fsp3) is 1.00. The van der Waals surface area contributed by atoms with Crippen LogP contribution >= 0.6 is 0 Å². The number of rotatable bonds is 5. The molecule has 0 saturated carbocycles. The van der Waals surface area contributed by atoms with Gasteiger partial charge in [-0.1, -0.05) is 6.92 Å². The Bertz CT molecular complexity index is 247. The molecule has 2 unspecified atom stereocenters. The van der Waals surface area contributed by atoms with Crippen LogP contribution in [0.5, 0.6) is 0 Å². The fourth-order valence-electron chi connectivity index (χ4n) is 3.12. The van der Waals surface area contributed by atoms with Gasteiger partial charge in [-0.15, -0.1) is 0 Å². The van der Waals surface area contributed by atoms with E-state index >= 15 is 0 Å². The molecule has 2 aliphatic heterocycles. The molecule has 2 fully saturated rings. The number of hydrogen-bond donors (Lipinski definition) is 1. The van der Waals surface area contributed by atoms with E-state index in [2.05, 4.69) is 26.1 Å². The van der Waals surface area contributed by atoms with Crippen molar-refractivity contribution in [2.45, 2.75) is 58.2 Å². The van der Waals surface area contributed by atoms with Gasteiger partial charge in [0.15, 0.2) is 0 Å². The number of hydrogen-bond acceptors (Lipinski definition) is 3. The van der Waals surface area contributed by atoms with E-state index in [4.69, 9.17) is 9.47 Å². The molecule has 0 aromatic carbocycles. The van der Waals surface area contributed by atoms with Crippen molar-refractivity contribution in [2.75, 3.05) is 26.3 Å². The van der Waals surface area contributed by atoms with Crippen LogP contribution in [0.1, 0.15) is 46.5 Å². The van der Waals surface area contributed by atoms with Gasteiger partial charge in [-0.2, -0.15) is 0 Å². The van der Waals surface area contributed by atoms with Gasteiger partial charge in [0, 0.05) is 18.6 Å². The smallest absolute Gasteiger partial charge is 0.0631 e. The third-order valence-corrected chi connectivity index (χ3v) is 4.15. The lowest BCUT2D eigenvalue weighted by Crippen LogP contribution is -2.38. The van der Waals surface area contributed by atoms with E-state index in [0.717, 1.165) is 32.7 Å². The van der Waals surface area contributed by atoms with Gasteiger partial charge in [0.2, 0.25) is 0 Å². The molecule has 0 spiro atoms. The van der Waals surface area contributed by atoms with Gasteiger partial charge in [0.1, 0.15) is 0 Å². The largest absolute Gasteiger partial charge is 0.381 e. The van der Waals surface area contributed by atoms with Crippen LogP contribution in [0.2, 0.25) is 0 Å². The van der Waals surface area contributed by atoms with Crippen LogP contribution in [0.25, 0.3) is 0 Å². The summed E-state index contributed by atoms with van der Waals surface area (Å²) in [6.07, 6.45) is 5.17. The van der Waals surface area contributed by atoms with Crippen LogP contribution in [-0.2, 0) is 9.47 Å². The zero-order valence-electron chi connectivity index (χ0n) is 11.6. The van der Waals surface area contributed by atoms with E-state index in [1.807, 2.05) is 0 Å². The van der Waals surface area contributed by atoms with Crippen LogP contribution in [0, 0.1) is 5.41 Å². The summed E-state index contributed by atoms with van der Waals surface area (Å²) in [4.78, 5) is 0. The van der Waals surface area contributed by atoms with Gasteiger partial charge < -0.3 is 14.8 Å². The Hall–Kier alpha value is -0.120. The second-order valence-electron chi connectivity index (χ2n) is 6.33. The quantitative estimate of drug-likeness (QED) is 0.801. The summed E-state index contributed by atoms with van der Waals surface area (Å²) in [5, 5.41) is 3.49. The van der Waals surface area contributed by atoms with Gasteiger partial charge >= 0.3 is 0 Å². The predicted molar refractivity (Wildman–Crippen MR) is 69.2 cm³/mol. The summed E-state index contributed by atoms with van der Waals surface area (Å²) in [6.45, 7) is 10.5. The van der Waals surface area contributed by atoms with Crippen LogP contribution in [0.3, 0.4) is 0 Å². The van der Waals surface area contributed by atoms with Crippen molar-refractivity contribution >= 4 is 0 Å². The van der Waals surface area contributed by atoms with E-state index in [1.165, 1.54) is 19.3 Å². The predicted octanol–water partition coefficient (Wildman–Crippen LogP) is 2.35. The first-order chi connectivity index (χ1) is 8.05. The first-order valence-corrected chi connectivity index (χ1v) is 7.02. The molecule has 0 radical (unpaired) electrons. The molecular formula is C14H27NO2. The Morgan fingerprint density at radius 2 is 2.12 bits per heavy atom. The van der Waals surface area contributed by atoms with Crippen molar-refractivity contribution in [3.05, 3.63) is 0 Å². The van der Waals surface area contributed by atoms with E-state index in [1.54, 1.807) is 0 Å². The molecule has 2 aliphatic rings. The summed E-state index contributed by atoms with van der Waals surface area (Å²) in [5.74, 6) is 0. The Morgan fingerprint density at radius 1 is 1.29 bits per heavy atom. The van der Waals surface area contributed by atoms with Crippen LogP contribution in [-0.4, -0.2) is 38.0 Å². The van der Waals surface area contributed by atoms with Crippen molar-refractivity contribution in [2.24, 2.45) is 5.41 Å². The third-order valence-electron chi connectivity index (χ3n) is 4.15. The second kappa shape index (κ2) is 5.25. The molecule has 17 heavy (non-hydrogen) atoms. The van der Waals surface area contributed by atoms with Crippen LogP contribution in [0.15, 0.2) is 0 Å². The minimum atomic E-state index is 0.0868. The summed E-state index contributed by atoms with van der Waals surface area (Å²) in [6, 6.07) is 0. The molecule has 3 heteroatoms. The molecule has 2 saturated heterocycles. The Balaban J connectivity index is 1.89. The maximum absolute atomic E-state index is 6.13. The highest BCUT2D eigenvalue weighted by Crippen LogP contribution is 2.39. The molecule has 1 N–H and O–H groups in total. The Labute approximate surface area is 105 Å². The molecule has 2 rings (SSSR count). The van der Waals surface area contributed by atoms with Gasteiger partial charge in [-0.25, -0.2) is 0 Å². The summed E-state index contributed by atoms with van der Waals surface area (Å²) < 4.78 is 11.8. The lowest BCUT2D eigenvalue weighted by Gasteiger charge is -2.31. The topological polar surface area (TPSA) is 30.5 Å². The molecule has 0 amide bonds. The number of ether oxygens (including phenoxy) is 2. The lowest BCUT2D eigenvalue weighted by atomic mass is 9.81. The van der Waals surface area contributed by atoms with Crippen LogP contribution < -0.4 is 5.32 Å². The average Bonchev–Trinajstić information content (AvgIpc) is 2.84. The molecule has 2 heterocycles. The zero-order chi connectivity index (χ0) is 12.4. The van der Waals surface area contributed by atoms with Gasteiger partial charge in [-0.05, 0) is 46.1 Å². The van der Waals surface area contributed by atoms with Gasteiger partial charge in [-0.3, -0.25) is 0 Å². The van der Waals surface area contributed by atoms with E-state index in [9.17, 15) is 0 Å². The van der Waals surface area contributed by atoms with Crippen molar-refractivity contribution in [3.8, 4) is 0 Å². The van der Waals surface area contributed by atoms with E-state index < -0.39 is 0 Å². The first-order valence-electron chi connectivity index (χ1n) is 7.02. The normalized spacial score (nSPS) is 36.5. The molecule has 0 aromatic heterocycles. The molecule has 0 bridgehead atoms. The molecule has 0 aromatic rings. The molecule has 2 atom stereocenters. The molecule has 100 valence electrons. The lowest BCUT2D eigenvalue weighted by molar-refractivity contribution is -0.0367. The maximum Gasteiger partial charge on any atom is 0.0631 e.